The van der Waals surface area contributed by atoms with Gasteiger partial charge in [-0.1, -0.05) is 6.92 Å². The van der Waals surface area contributed by atoms with Crippen LogP contribution >= 0.6 is 0 Å². The van der Waals surface area contributed by atoms with Crippen LogP contribution in [0.25, 0.3) is 0 Å². The number of carboxylic acids is 1. The molecule has 1 aromatic rings. The Kier molecular flexibility index (Phi) is 5.49. The van der Waals surface area contributed by atoms with Crippen LogP contribution in [0.2, 0.25) is 0 Å². The van der Waals surface area contributed by atoms with Crippen molar-refractivity contribution in [2.75, 3.05) is 19.7 Å². The first-order valence-electron chi connectivity index (χ1n) is 7.04. The van der Waals surface area contributed by atoms with Crippen LogP contribution in [0.4, 0.5) is 0 Å². The lowest BCUT2D eigenvalue weighted by atomic mass is 10.1. The second-order valence-corrected chi connectivity index (χ2v) is 4.93. The number of aromatic nitrogens is 2. The number of hydrogen-bond acceptors (Lipinski definition) is 6. The molecule has 112 valence electrons. The van der Waals surface area contributed by atoms with Gasteiger partial charge in [0, 0.05) is 19.5 Å². The van der Waals surface area contributed by atoms with E-state index in [1.165, 1.54) is 0 Å². The zero-order valence-corrected chi connectivity index (χ0v) is 11.7. The maximum Gasteiger partial charge on any atom is 0.305 e. The summed E-state index contributed by atoms with van der Waals surface area (Å²) in [4.78, 5) is 12.7. The van der Waals surface area contributed by atoms with Crippen LogP contribution in [0.15, 0.2) is 4.42 Å². The Hall–Kier alpha value is -1.47. The third-order valence-electron chi connectivity index (χ3n) is 3.37. The molecule has 0 atom stereocenters. The fraction of sp³-hybridized carbons (Fsp3) is 0.769. The average Bonchev–Trinajstić information content (AvgIpc) is 2.88. The van der Waals surface area contributed by atoms with E-state index in [9.17, 15) is 4.79 Å². The molecule has 0 amide bonds. The monoisotopic (exact) mass is 283 g/mol. The second kappa shape index (κ2) is 7.35. The molecule has 1 aliphatic rings. The molecule has 20 heavy (non-hydrogen) atoms. The van der Waals surface area contributed by atoms with Gasteiger partial charge < -0.3 is 14.3 Å². The Morgan fingerprint density at radius 1 is 1.40 bits per heavy atom. The quantitative estimate of drug-likeness (QED) is 0.801. The number of ether oxygens (including phenoxy) is 1. The van der Waals surface area contributed by atoms with Gasteiger partial charge in [-0.15, -0.1) is 10.2 Å². The predicted molar refractivity (Wildman–Crippen MR) is 70.2 cm³/mol. The van der Waals surface area contributed by atoms with Gasteiger partial charge in [-0.05, 0) is 12.8 Å². The molecule has 0 aliphatic carbocycles. The number of hydrogen-bond donors (Lipinski definition) is 1. The van der Waals surface area contributed by atoms with Crippen molar-refractivity contribution in [1.82, 2.24) is 15.1 Å². The van der Waals surface area contributed by atoms with E-state index < -0.39 is 5.97 Å². The summed E-state index contributed by atoms with van der Waals surface area (Å²) in [7, 11) is 0. The summed E-state index contributed by atoms with van der Waals surface area (Å²) in [5.41, 5.74) is 0. The first kappa shape index (κ1) is 14.9. The van der Waals surface area contributed by atoms with Gasteiger partial charge in [0.15, 0.2) is 0 Å². The predicted octanol–water partition coefficient (Wildman–Crippen LogP) is 1.09. The number of likely N-dealkylation sites (tertiary alicyclic amines) is 1. The van der Waals surface area contributed by atoms with E-state index in [1.807, 2.05) is 6.92 Å². The minimum absolute atomic E-state index is 0.0714. The lowest BCUT2D eigenvalue weighted by Gasteiger charge is -2.30. The van der Waals surface area contributed by atoms with Gasteiger partial charge in [-0.25, -0.2) is 0 Å². The third-order valence-corrected chi connectivity index (χ3v) is 3.37. The van der Waals surface area contributed by atoms with Gasteiger partial charge in [-0.2, -0.15) is 0 Å². The standard InChI is InChI=1S/C13H21N3O4/c1-2-11-14-15-12(20-11)9-16-6-3-10(4-7-16)19-8-5-13(17)18/h10H,2-9H2,1H3,(H,17,18). The maximum atomic E-state index is 10.4. The van der Waals surface area contributed by atoms with Gasteiger partial charge in [0.25, 0.3) is 0 Å². The van der Waals surface area contributed by atoms with Gasteiger partial charge in [0.05, 0.1) is 25.7 Å². The van der Waals surface area contributed by atoms with Crippen LogP contribution in [-0.2, 0) is 22.5 Å². The van der Waals surface area contributed by atoms with E-state index in [4.69, 9.17) is 14.3 Å². The zero-order chi connectivity index (χ0) is 14.4. The first-order chi connectivity index (χ1) is 9.67. The van der Waals surface area contributed by atoms with E-state index >= 15 is 0 Å². The van der Waals surface area contributed by atoms with Crippen molar-refractivity contribution in [1.29, 1.82) is 0 Å². The lowest BCUT2D eigenvalue weighted by molar-refractivity contribution is -0.138. The molecule has 1 N–H and O–H groups in total. The Morgan fingerprint density at radius 3 is 2.70 bits per heavy atom. The highest BCUT2D eigenvalue weighted by molar-refractivity contribution is 5.66. The molecule has 0 bridgehead atoms. The second-order valence-electron chi connectivity index (χ2n) is 4.93. The summed E-state index contributed by atoms with van der Waals surface area (Å²) in [6.45, 7) is 4.76. The molecule has 0 saturated carbocycles. The minimum atomic E-state index is -0.814. The number of carbonyl (C=O) groups is 1. The summed E-state index contributed by atoms with van der Waals surface area (Å²) in [5, 5.41) is 16.5. The highest BCUT2D eigenvalue weighted by Gasteiger charge is 2.21. The van der Waals surface area contributed by atoms with Crippen molar-refractivity contribution in [2.24, 2.45) is 0 Å². The molecule has 1 saturated heterocycles. The van der Waals surface area contributed by atoms with Crippen molar-refractivity contribution >= 4 is 5.97 Å². The highest BCUT2D eigenvalue weighted by Crippen LogP contribution is 2.16. The number of carboxylic acid groups (broad SMARTS) is 1. The summed E-state index contributed by atoms with van der Waals surface area (Å²) in [6.07, 6.45) is 2.82. The molecule has 0 radical (unpaired) electrons. The highest BCUT2D eigenvalue weighted by atomic mass is 16.5. The Bertz CT molecular complexity index is 427. The zero-order valence-electron chi connectivity index (χ0n) is 11.7. The van der Waals surface area contributed by atoms with Crippen LogP contribution in [-0.4, -0.2) is 52.0 Å². The molecule has 0 unspecified atom stereocenters. The smallest absolute Gasteiger partial charge is 0.305 e. The van der Waals surface area contributed by atoms with E-state index in [2.05, 4.69) is 15.1 Å². The number of nitrogens with zero attached hydrogens (tertiary/aromatic N) is 3. The molecular weight excluding hydrogens is 262 g/mol. The van der Waals surface area contributed by atoms with Gasteiger partial charge in [-0.3, -0.25) is 9.69 Å². The molecule has 1 aromatic heterocycles. The largest absolute Gasteiger partial charge is 0.481 e. The van der Waals surface area contributed by atoms with Gasteiger partial charge in [0.1, 0.15) is 0 Å². The number of aryl methyl sites for hydroxylation is 1. The molecule has 1 fully saturated rings. The van der Waals surface area contributed by atoms with E-state index in [1.54, 1.807) is 0 Å². The van der Waals surface area contributed by atoms with Crippen molar-refractivity contribution in [3.8, 4) is 0 Å². The molecular formula is C13H21N3O4. The molecule has 0 spiro atoms. The molecule has 2 heterocycles. The Balaban J connectivity index is 1.67. The van der Waals surface area contributed by atoms with Crippen LogP contribution < -0.4 is 0 Å². The Labute approximate surface area is 117 Å². The average molecular weight is 283 g/mol. The SMILES string of the molecule is CCc1nnc(CN2CCC(OCCC(=O)O)CC2)o1. The summed E-state index contributed by atoms with van der Waals surface area (Å²) in [6, 6.07) is 0. The number of rotatable bonds is 7. The maximum absolute atomic E-state index is 10.4. The summed E-state index contributed by atoms with van der Waals surface area (Å²) >= 11 is 0. The molecule has 0 aromatic carbocycles. The molecule has 2 rings (SSSR count). The normalized spacial score (nSPS) is 17.4. The number of piperidine rings is 1. The van der Waals surface area contributed by atoms with Crippen LogP contribution in [0.1, 0.15) is 38.0 Å². The van der Waals surface area contributed by atoms with Crippen molar-refractivity contribution < 1.29 is 19.1 Å². The molecule has 7 heteroatoms. The summed E-state index contributed by atoms with van der Waals surface area (Å²) < 4.78 is 11.0. The number of aliphatic carboxylic acids is 1. The van der Waals surface area contributed by atoms with Gasteiger partial charge in [0.2, 0.25) is 11.8 Å². The fourth-order valence-corrected chi connectivity index (χ4v) is 2.23. The fourth-order valence-electron chi connectivity index (χ4n) is 2.23. The van der Waals surface area contributed by atoms with Crippen molar-refractivity contribution in [3.05, 3.63) is 11.8 Å². The molecule has 7 nitrogen and oxygen atoms in total. The van der Waals surface area contributed by atoms with E-state index in [0.717, 1.165) is 32.4 Å². The summed E-state index contributed by atoms with van der Waals surface area (Å²) in [5.74, 6) is 0.518. The third kappa shape index (κ3) is 4.57. The lowest BCUT2D eigenvalue weighted by Crippen LogP contribution is -2.36. The van der Waals surface area contributed by atoms with Crippen LogP contribution in [0.5, 0.6) is 0 Å². The van der Waals surface area contributed by atoms with Crippen molar-refractivity contribution in [2.45, 2.75) is 45.3 Å². The molecule has 1 aliphatic heterocycles. The Morgan fingerprint density at radius 2 is 2.10 bits per heavy atom. The first-order valence-corrected chi connectivity index (χ1v) is 7.04. The van der Waals surface area contributed by atoms with Crippen LogP contribution in [0.3, 0.4) is 0 Å². The van der Waals surface area contributed by atoms with E-state index in [0.29, 0.717) is 24.9 Å². The van der Waals surface area contributed by atoms with E-state index in [-0.39, 0.29) is 12.5 Å². The van der Waals surface area contributed by atoms with Crippen molar-refractivity contribution in [3.63, 3.8) is 0 Å². The minimum Gasteiger partial charge on any atom is -0.481 e. The van der Waals surface area contributed by atoms with Crippen LogP contribution in [0, 0.1) is 0 Å². The van der Waals surface area contributed by atoms with Gasteiger partial charge >= 0.3 is 5.97 Å². The topological polar surface area (TPSA) is 88.7 Å².